The molecule has 0 bridgehead atoms. The van der Waals surface area contributed by atoms with E-state index in [1.807, 2.05) is 31.2 Å². The Balaban J connectivity index is 1.95. The zero-order valence-electron chi connectivity index (χ0n) is 12.5. The Bertz CT molecular complexity index is 444. The van der Waals surface area contributed by atoms with Gasteiger partial charge >= 0.3 is 0 Å². The maximum atomic E-state index is 12.3. The van der Waals surface area contributed by atoms with E-state index in [-0.39, 0.29) is 18.0 Å². The minimum absolute atomic E-state index is 0.00401. The fraction of sp³-hybridized carbons (Fsp3) is 0.562. The second-order valence-corrected chi connectivity index (χ2v) is 5.55. The zero-order chi connectivity index (χ0) is 14.5. The Morgan fingerprint density at radius 2 is 2.10 bits per heavy atom. The molecule has 0 spiro atoms. The molecular formula is C16H24N2O2. The van der Waals surface area contributed by atoms with Crippen LogP contribution in [0.5, 0.6) is 5.75 Å². The first-order valence-corrected chi connectivity index (χ1v) is 7.29. The summed E-state index contributed by atoms with van der Waals surface area (Å²) in [7, 11) is 1.65. The van der Waals surface area contributed by atoms with Gasteiger partial charge in [0.1, 0.15) is 5.75 Å². The van der Waals surface area contributed by atoms with Gasteiger partial charge in [0.05, 0.1) is 19.2 Å². The van der Waals surface area contributed by atoms with Crippen LogP contribution in [0.1, 0.15) is 38.3 Å². The van der Waals surface area contributed by atoms with Crippen LogP contribution in [0, 0.1) is 5.92 Å². The molecule has 1 aromatic rings. The number of benzene rings is 1. The van der Waals surface area contributed by atoms with Crippen molar-refractivity contribution in [2.75, 3.05) is 13.7 Å². The van der Waals surface area contributed by atoms with Crippen molar-refractivity contribution in [1.29, 1.82) is 0 Å². The molecule has 4 heteroatoms. The lowest BCUT2D eigenvalue weighted by Crippen LogP contribution is -2.51. The van der Waals surface area contributed by atoms with Crippen LogP contribution in [-0.2, 0) is 4.79 Å². The van der Waals surface area contributed by atoms with Crippen molar-refractivity contribution in [3.8, 4) is 5.75 Å². The predicted octanol–water partition coefficient (Wildman–Crippen LogP) is 2.26. The maximum absolute atomic E-state index is 12.3. The highest BCUT2D eigenvalue weighted by molar-refractivity contribution is 5.82. The van der Waals surface area contributed by atoms with Crippen molar-refractivity contribution in [1.82, 2.24) is 10.6 Å². The van der Waals surface area contributed by atoms with E-state index in [1.54, 1.807) is 7.11 Å². The Morgan fingerprint density at radius 3 is 2.70 bits per heavy atom. The highest BCUT2D eigenvalue weighted by Crippen LogP contribution is 2.19. The number of piperidine rings is 1. The number of ether oxygens (including phenoxy) is 1. The molecule has 1 aliphatic heterocycles. The fourth-order valence-corrected chi connectivity index (χ4v) is 2.68. The molecule has 0 radical (unpaired) electrons. The van der Waals surface area contributed by atoms with Gasteiger partial charge in [0.25, 0.3) is 0 Å². The van der Waals surface area contributed by atoms with Gasteiger partial charge in [-0.25, -0.2) is 0 Å². The molecule has 1 heterocycles. The van der Waals surface area contributed by atoms with Gasteiger partial charge in [0, 0.05) is 0 Å². The van der Waals surface area contributed by atoms with E-state index >= 15 is 0 Å². The molecule has 2 N–H and O–H groups in total. The Morgan fingerprint density at radius 1 is 1.40 bits per heavy atom. The highest BCUT2D eigenvalue weighted by atomic mass is 16.5. The summed E-state index contributed by atoms with van der Waals surface area (Å²) in [5.74, 6) is 1.32. The first kappa shape index (κ1) is 14.9. The van der Waals surface area contributed by atoms with Gasteiger partial charge < -0.3 is 15.4 Å². The van der Waals surface area contributed by atoms with Gasteiger partial charge in [-0.15, -0.1) is 0 Å². The van der Waals surface area contributed by atoms with Crippen molar-refractivity contribution in [2.24, 2.45) is 5.92 Å². The van der Waals surface area contributed by atoms with Crippen LogP contribution in [0.2, 0.25) is 0 Å². The van der Waals surface area contributed by atoms with Gasteiger partial charge in [-0.2, -0.15) is 0 Å². The van der Waals surface area contributed by atoms with E-state index < -0.39 is 0 Å². The third-order valence-electron chi connectivity index (χ3n) is 4.03. The molecule has 3 atom stereocenters. The summed E-state index contributed by atoms with van der Waals surface area (Å²) in [6.07, 6.45) is 2.26. The van der Waals surface area contributed by atoms with Crippen molar-refractivity contribution < 1.29 is 9.53 Å². The van der Waals surface area contributed by atoms with E-state index in [9.17, 15) is 4.79 Å². The van der Waals surface area contributed by atoms with Crippen LogP contribution in [0.3, 0.4) is 0 Å². The Kier molecular flexibility index (Phi) is 5.01. The molecule has 1 aromatic carbocycles. The summed E-state index contributed by atoms with van der Waals surface area (Å²) in [4.78, 5) is 12.3. The molecule has 1 fully saturated rings. The lowest BCUT2D eigenvalue weighted by atomic mass is 9.92. The van der Waals surface area contributed by atoms with E-state index in [1.165, 1.54) is 0 Å². The molecule has 0 aromatic heterocycles. The Hall–Kier alpha value is -1.55. The highest BCUT2D eigenvalue weighted by Gasteiger charge is 2.28. The number of hydrogen-bond acceptors (Lipinski definition) is 3. The van der Waals surface area contributed by atoms with E-state index in [0.29, 0.717) is 5.92 Å². The number of rotatable bonds is 4. The summed E-state index contributed by atoms with van der Waals surface area (Å²) in [5.41, 5.74) is 1.09. The largest absolute Gasteiger partial charge is 0.497 e. The predicted molar refractivity (Wildman–Crippen MR) is 79.7 cm³/mol. The third kappa shape index (κ3) is 3.51. The molecule has 2 rings (SSSR count). The third-order valence-corrected chi connectivity index (χ3v) is 4.03. The summed E-state index contributed by atoms with van der Waals surface area (Å²) in [6.45, 7) is 5.07. The first-order valence-electron chi connectivity index (χ1n) is 7.29. The van der Waals surface area contributed by atoms with Gasteiger partial charge in [-0.1, -0.05) is 19.1 Å². The molecule has 2 unspecified atom stereocenters. The summed E-state index contributed by atoms with van der Waals surface area (Å²) in [5, 5.41) is 6.40. The minimum atomic E-state index is -0.0653. The standard InChI is InChI=1S/C16H24N2O2/c1-11-5-4-10-17-15(11)16(19)18-12(2)13-6-8-14(20-3)9-7-13/h6-9,11-12,15,17H,4-5,10H2,1-3H3,(H,18,19)/t11?,12-,15?/m0/s1. The van der Waals surface area contributed by atoms with Gasteiger partial charge in [0.15, 0.2) is 0 Å². The minimum Gasteiger partial charge on any atom is -0.497 e. The second-order valence-electron chi connectivity index (χ2n) is 5.55. The van der Waals surface area contributed by atoms with Gasteiger partial charge in [-0.3, -0.25) is 4.79 Å². The normalized spacial score (nSPS) is 23.9. The van der Waals surface area contributed by atoms with E-state index in [2.05, 4.69) is 17.6 Å². The SMILES string of the molecule is COc1ccc([C@H](C)NC(=O)C2NCCCC2C)cc1. The smallest absolute Gasteiger partial charge is 0.237 e. The number of carbonyl (C=O) groups excluding carboxylic acids is 1. The fourth-order valence-electron chi connectivity index (χ4n) is 2.68. The molecule has 4 nitrogen and oxygen atoms in total. The van der Waals surface area contributed by atoms with Crippen molar-refractivity contribution in [3.63, 3.8) is 0 Å². The van der Waals surface area contributed by atoms with Crippen molar-refractivity contribution in [3.05, 3.63) is 29.8 Å². The lowest BCUT2D eigenvalue weighted by Gasteiger charge is -2.30. The average Bonchev–Trinajstić information content (AvgIpc) is 2.47. The average molecular weight is 276 g/mol. The molecule has 1 amide bonds. The van der Waals surface area contributed by atoms with Crippen LogP contribution in [0.25, 0.3) is 0 Å². The van der Waals surface area contributed by atoms with Crippen LogP contribution < -0.4 is 15.4 Å². The number of methoxy groups -OCH3 is 1. The molecule has 110 valence electrons. The van der Waals surface area contributed by atoms with Crippen molar-refractivity contribution in [2.45, 2.75) is 38.8 Å². The molecule has 1 saturated heterocycles. The summed E-state index contributed by atoms with van der Waals surface area (Å²) < 4.78 is 5.14. The monoisotopic (exact) mass is 276 g/mol. The zero-order valence-corrected chi connectivity index (χ0v) is 12.5. The lowest BCUT2D eigenvalue weighted by molar-refractivity contribution is -0.125. The van der Waals surface area contributed by atoms with Crippen LogP contribution in [-0.4, -0.2) is 25.6 Å². The molecule has 0 aliphatic carbocycles. The number of nitrogens with one attached hydrogen (secondary N) is 2. The first-order chi connectivity index (χ1) is 9.61. The summed E-state index contributed by atoms with van der Waals surface area (Å²) in [6, 6.07) is 7.75. The number of amides is 1. The molecule has 1 aliphatic rings. The van der Waals surface area contributed by atoms with Crippen LogP contribution in [0.4, 0.5) is 0 Å². The van der Waals surface area contributed by atoms with Gasteiger partial charge in [-0.05, 0) is 49.9 Å². The topological polar surface area (TPSA) is 50.4 Å². The second kappa shape index (κ2) is 6.75. The number of carbonyl (C=O) groups is 1. The molecule has 20 heavy (non-hydrogen) atoms. The van der Waals surface area contributed by atoms with Crippen LogP contribution in [0.15, 0.2) is 24.3 Å². The Labute approximate surface area is 120 Å². The maximum Gasteiger partial charge on any atom is 0.237 e. The summed E-state index contributed by atoms with van der Waals surface area (Å²) >= 11 is 0. The molecular weight excluding hydrogens is 252 g/mol. The number of hydrogen-bond donors (Lipinski definition) is 2. The van der Waals surface area contributed by atoms with Crippen molar-refractivity contribution >= 4 is 5.91 Å². The molecule has 0 saturated carbocycles. The van der Waals surface area contributed by atoms with Crippen LogP contribution >= 0.6 is 0 Å². The quantitative estimate of drug-likeness (QED) is 0.887. The van der Waals surface area contributed by atoms with Gasteiger partial charge in [0.2, 0.25) is 5.91 Å². The van der Waals surface area contributed by atoms with E-state index in [0.717, 1.165) is 30.7 Å². The van der Waals surface area contributed by atoms with E-state index in [4.69, 9.17) is 4.74 Å².